The van der Waals surface area contributed by atoms with E-state index in [1.807, 2.05) is 60.0 Å². The summed E-state index contributed by atoms with van der Waals surface area (Å²) in [4.78, 5) is 15.7. The van der Waals surface area contributed by atoms with Gasteiger partial charge >= 0.3 is 5.97 Å². The summed E-state index contributed by atoms with van der Waals surface area (Å²) in [5, 5.41) is 11.9. The van der Waals surface area contributed by atoms with Crippen molar-refractivity contribution in [3.05, 3.63) is 106 Å². The van der Waals surface area contributed by atoms with Crippen LogP contribution in [0.4, 0.5) is 4.39 Å². The van der Waals surface area contributed by atoms with Gasteiger partial charge in [0.25, 0.3) is 0 Å². The minimum Gasteiger partial charge on any atom is -0.486 e. The van der Waals surface area contributed by atoms with Crippen molar-refractivity contribution >= 4 is 17.3 Å². The zero-order valence-corrected chi connectivity index (χ0v) is 17.4. The summed E-state index contributed by atoms with van der Waals surface area (Å²) in [6.45, 7) is 0.289. The van der Waals surface area contributed by atoms with Gasteiger partial charge in [-0.1, -0.05) is 60.7 Å². The number of thiazole rings is 1. The van der Waals surface area contributed by atoms with Crippen LogP contribution in [0.5, 0.6) is 5.75 Å². The van der Waals surface area contributed by atoms with E-state index in [0.29, 0.717) is 5.56 Å². The lowest BCUT2D eigenvalue weighted by atomic mass is 9.93. The van der Waals surface area contributed by atoms with E-state index in [4.69, 9.17) is 4.74 Å². The van der Waals surface area contributed by atoms with Gasteiger partial charge in [-0.3, -0.25) is 4.79 Å². The Bertz CT molecular complexity index is 1160. The number of benzene rings is 3. The second kappa shape index (κ2) is 9.53. The van der Waals surface area contributed by atoms with Crippen LogP contribution in [0, 0.1) is 5.82 Å². The number of carboxylic acids is 1. The standard InChI is InChI=1S/C25H20FNO3S/c26-22-14-19(9-10-23(22)30-16-17-5-2-1-3-6-17)18-7-4-8-20(13-18)21(15-24(28)29)25-27-11-12-31-25/h1-14,21H,15-16H2,(H,28,29). The Labute approximate surface area is 183 Å². The number of halogens is 1. The Morgan fingerprint density at radius 3 is 2.55 bits per heavy atom. The van der Waals surface area contributed by atoms with E-state index >= 15 is 0 Å². The third kappa shape index (κ3) is 5.16. The molecule has 1 atom stereocenters. The van der Waals surface area contributed by atoms with E-state index in [2.05, 4.69) is 4.98 Å². The molecule has 0 saturated carbocycles. The van der Waals surface area contributed by atoms with Gasteiger partial charge in [0.05, 0.1) is 6.42 Å². The van der Waals surface area contributed by atoms with Gasteiger partial charge in [-0.25, -0.2) is 9.37 Å². The first kappa shape index (κ1) is 20.8. The number of hydrogen-bond donors (Lipinski definition) is 1. The maximum absolute atomic E-state index is 14.7. The van der Waals surface area contributed by atoms with Crippen molar-refractivity contribution in [2.45, 2.75) is 18.9 Å². The molecule has 0 amide bonds. The number of aromatic nitrogens is 1. The first-order chi connectivity index (χ1) is 15.1. The molecule has 6 heteroatoms. The molecule has 0 fully saturated rings. The molecule has 156 valence electrons. The van der Waals surface area contributed by atoms with Gasteiger partial charge in [-0.05, 0) is 34.4 Å². The van der Waals surface area contributed by atoms with Gasteiger partial charge in [0.15, 0.2) is 11.6 Å². The summed E-state index contributed by atoms with van der Waals surface area (Å²) < 4.78 is 20.3. The number of aliphatic carboxylic acids is 1. The Morgan fingerprint density at radius 1 is 1.03 bits per heavy atom. The van der Waals surface area contributed by atoms with Crippen molar-refractivity contribution in [1.29, 1.82) is 0 Å². The Balaban J connectivity index is 1.57. The first-order valence-corrected chi connectivity index (χ1v) is 10.7. The molecule has 0 radical (unpaired) electrons. The number of ether oxygens (including phenoxy) is 1. The van der Waals surface area contributed by atoms with Crippen LogP contribution in [-0.2, 0) is 11.4 Å². The first-order valence-electron chi connectivity index (χ1n) is 9.78. The highest BCUT2D eigenvalue weighted by Crippen LogP contribution is 2.33. The van der Waals surface area contributed by atoms with Gasteiger partial charge in [0.2, 0.25) is 0 Å². The predicted molar refractivity (Wildman–Crippen MR) is 119 cm³/mol. The molecule has 0 aliphatic carbocycles. The number of carbonyl (C=O) groups is 1. The van der Waals surface area contributed by atoms with E-state index < -0.39 is 11.8 Å². The second-order valence-electron chi connectivity index (χ2n) is 7.07. The summed E-state index contributed by atoms with van der Waals surface area (Å²) in [6, 6.07) is 22.0. The number of carboxylic acid groups (broad SMARTS) is 1. The van der Waals surface area contributed by atoms with Crippen molar-refractivity contribution in [1.82, 2.24) is 4.98 Å². The molecule has 0 saturated heterocycles. The molecule has 1 aromatic heterocycles. The Morgan fingerprint density at radius 2 is 1.84 bits per heavy atom. The van der Waals surface area contributed by atoms with Crippen molar-refractivity contribution in [2.75, 3.05) is 0 Å². The molecule has 0 aliphatic heterocycles. The van der Waals surface area contributed by atoms with Gasteiger partial charge in [-0.2, -0.15) is 0 Å². The highest BCUT2D eigenvalue weighted by Gasteiger charge is 2.21. The zero-order chi connectivity index (χ0) is 21.6. The Kier molecular flexibility index (Phi) is 6.38. The number of nitrogens with zero attached hydrogens (tertiary/aromatic N) is 1. The molecule has 1 N–H and O–H groups in total. The molecule has 4 nitrogen and oxygen atoms in total. The summed E-state index contributed by atoms with van der Waals surface area (Å²) in [5.41, 5.74) is 3.29. The smallest absolute Gasteiger partial charge is 0.304 e. The molecule has 1 heterocycles. The fraction of sp³-hybridized carbons (Fsp3) is 0.120. The van der Waals surface area contributed by atoms with Crippen molar-refractivity contribution in [2.24, 2.45) is 0 Å². The average molecular weight is 434 g/mol. The van der Waals surface area contributed by atoms with E-state index in [1.54, 1.807) is 18.3 Å². The SMILES string of the molecule is O=C(O)CC(c1cccc(-c2ccc(OCc3ccccc3)c(F)c2)c1)c1nccs1. The molecule has 0 spiro atoms. The van der Waals surface area contributed by atoms with Gasteiger partial charge in [0, 0.05) is 17.5 Å². The summed E-state index contributed by atoms with van der Waals surface area (Å²) in [6.07, 6.45) is 1.61. The molecule has 4 aromatic rings. The molecule has 3 aromatic carbocycles. The Hall–Kier alpha value is -3.51. The molecule has 1 unspecified atom stereocenters. The quantitative estimate of drug-likeness (QED) is 0.363. The summed E-state index contributed by atoms with van der Waals surface area (Å²) in [7, 11) is 0. The number of rotatable bonds is 8. The van der Waals surface area contributed by atoms with E-state index in [0.717, 1.165) is 21.7 Å². The van der Waals surface area contributed by atoms with Gasteiger partial charge in [-0.15, -0.1) is 11.3 Å². The van der Waals surface area contributed by atoms with Gasteiger partial charge in [0.1, 0.15) is 11.6 Å². The fourth-order valence-corrected chi connectivity index (χ4v) is 4.16. The van der Waals surface area contributed by atoms with Crippen LogP contribution in [0.15, 0.2) is 84.4 Å². The normalized spacial score (nSPS) is 11.8. The molecular weight excluding hydrogens is 413 g/mol. The molecule has 31 heavy (non-hydrogen) atoms. The van der Waals surface area contributed by atoms with Crippen LogP contribution in [0.25, 0.3) is 11.1 Å². The third-order valence-electron chi connectivity index (χ3n) is 4.92. The molecule has 4 rings (SSSR count). The lowest BCUT2D eigenvalue weighted by molar-refractivity contribution is -0.137. The zero-order valence-electron chi connectivity index (χ0n) is 16.6. The van der Waals surface area contributed by atoms with E-state index in [9.17, 15) is 14.3 Å². The summed E-state index contributed by atoms with van der Waals surface area (Å²) >= 11 is 1.43. The van der Waals surface area contributed by atoms with Crippen LogP contribution >= 0.6 is 11.3 Å². The predicted octanol–water partition coefficient (Wildman–Crippen LogP) is 6.13. The lowest BCUT2D eigenvalue weighted by Crippen LogP contribution is -2.07. The lowest BCUT2D eigenvalue weighted by Gasteiger charge is -2.14. The number of hydrogen-bond acceptors (Lipinski definition) is 4. The maximum Gasteiger partial charge on any atom is 0.304 e. The molecule has 0 bridgehead atoms. The second-order valence-corrected chi connectivity index (χ2v) is 7.99. The van der Waals surface area contributed by atoms with Crippen LogP contribution in [0.2, 0.25) is 0 Å². The van der Waals surface area contributed by atoms with Crippen molar-refractivity contribution < 1.29 is 19.0 Å². The molecule has 0 aliphatic rings. The maximum atomic E-state index is 14.7. The molecular formula is C25H20FNO3S. The van der Waals surface area contributed by atoms with Crippen LogP contribution in [0.3, 0.4) is 0 Å². The summed E-state index contributed by atoms with van der Waals surface area (Å²) in [5.74, 6) is -1.50. The highest BCUT2D eigenvalue weighted by molar-refractivity contribution is 7.09. The minimum atomic E-state index is -0.892. The van der Waals surface area contributed by atoms with Crippen molar-refractivity contribution in [3.63, 3.8) is 0 Å². The van der Waals surface area contributed by atoms with Gasteiger partial charge < -0.3 is 9.84 Å². The van der Waals surface area contributed by atoms with E-state index in [1.165, 1.54) is 17.4 Å². The average Bonchev–Trinajstić information content (AvgIpc) is 3.32. The van der Waals surface area contributed by atoms with Crippen LogP contribution in [-0.4, -0.2) is 16.1 Å². The highest BCUT2D eigenvalue weighted by atomic mass is 32.1. The van der Waals surface area contributed by atoms with Crippen molar-refractivity contribution in [3.8, 4) is 16.9 Å². The largest absolute Gasteiger partial charge is 0.486 e. The monoisotopic (exact) mass is 433 g/mol. The van der Waals surface area contributed by atoms with Crippen LogP contribution < -0.4 is 4.74 Å². The van der Waals surface area contributed by atoms with Crippen LogP contribution in [0.1, 0.15) is 28.5 Å². The third-order valence-corrected chi connectivity index (χ3v) is 5.81. The minimum absolute atomic E-state index is 0.0579. The topological polar surface area (TPSA) is 59.4 Å². The van der Waals surface area contributed by atoms with E-state index in [-0.39, 0.29) is 24.7 Å². The fourth-order valence-electron chi connectivity index (χ4n) is 3.40.